The summed E-state index contributed by atoms with van der Waals surface area (Å²) in [4.78, 5) is 2.64. The maximum Gasteiger partial charge on any atom is 0.104 e. The van der Waals surface area contributed by atoms with E-state index in [9.17, 15) is 5.26 Å². The van der Waals surface area contributed by atoms with Crippen LogP contribution in [0.25, 0.3) is 0 Å². The second-order valence-corrected chi connectivity index (χ2v) is 7.09. The van der Waals surface area contributed by atoms with Gasteiger partial charge >= 0.3 is 0 Å². The molecule has 0 aliphatic heterocycles. The van der Waals surface area contributed by atoms with Gasteiger partial charge in [0.2, 0.25) is 0 Å². The number of nitriles is 1. The van der Waals surface area contributed by atoms with Crippen molar-refractivity contribution in [2.45, 2.75) is 76.9 Å². The van der Waals surface area contributed by atoms with Gasteiger partial charge in [-0.2, -0.15) is 5.26 Å². The van der Waals surface area contributed by atoms with E-state index >= 15 is 0 Å². The van der Waals surface area contributed by atoms with Crippen molar-refractivity contribution in [3.63, 3.8) is 0 Å². The summed E-state index contributed by atoms with van der Waals surface area (Å²) in [7, 11) is 0. The molecule has 2 fully saturated rings. The Labute approximate surface area is 118 Å². The summed E-state index contributed by atoms with van der Waals surface area (Å²) >= 11 is 0. The zero-order chi connectivity index (χ0) is 13.9. The van der Waals surface area contributed by atoms with Crippen molar-refractivity contribution in [3.05, 3.63) is 0 Å². The molecule has 0 aromatic rings. The van der Waals surface area contributed by atoms with Crippen molar-refractivity contribution in [1.29, 1.82) is 5.26 Å². The third kappa shape index (κ3) is 5.12. The van der Waals surface area contributed by atoms with Crippen LogP contribution in [0.1, 0.15) is 59.3 Å². The quantitative estimate of drug-likeness (QED) is 0.695. The second-order valence-electron chi connectivity index (χ2n) is 7.09. The first-order valence-electron chi connectivity index (χ1n) is 7.95. The topological polar surface area (TPSA) is 39.1 Å². The van der Waals surface area contributed by atoms with Crippen LogP contribution in [0.3, 0.4) is 0 Å². The summed E-state index contributed by atoms with van der Waals surface area (Å²) in [6, 6.07) is 3.93. The Hall–Kier alpha value is -0.590. The van der Waals surface area contributed by atoms with Gasteiger partial charge in [-0.25, -0.2) is 0 Å². The van der Waals surface area contributed by atoms with Crippen LogP contribution < -0.4 is 5.32 Å². The Bertz CT molecular complexity index is 325. The fraction of sp³-hybridized carbons (Fsp3) is 0.938. The van der Waals surface area contributed by atoms with Gasteiger partial charge in [0.25, 0.3) is 0 Å². The molecule has 3 heteroatoms. The molecule has 2 aliphatic carbocycles. The largest absolute Gasteiger partial charge is 0.300 e. The van der Waals surface area contributed by atoms with E-state index in [1.54, 1.807) is 0 Å². The molecule has 0 bridgehead atoms. The first-order valence-corrected chi connectivity index (χ1v) is 7.95. The van der Waals surface area contributed by atoms with Crippen LogP contribution in [0, 0.1) is 17.2 Å². The van der Waals surface area contributed by atoms with Crippen molar-refractivity contribution in [2.75, 3.05) is 13.1 Å². The van der Waals surface area contributed by atoms with Gasteiger partial charge in [0.1, 0.15) is 5.54 Å². The molecule has 1 N–H and O–H groups in total. The second kappa shape index (κ2) is 6.24. The summed E-state index contributed by atoms with van der Waals surface area (Å²) in [5, 5.41) is 12.9. The van der Waals surface area contributed by atoms with Crippen LogP contribution in [0.15, 0.2) is 0 Å². The van der Waals surface area contributed by atoms with Crippen LogP contribution in [0.2, 0.25) is 0 Å². The van der Waals surface area contributed by atoms with Crippen LogP contribution in [0.5, 0.6) is 0 Å². The van der Waals surface area contributed by atoms with E-state index < -0.39 is 0 Å². The highest BCUT2D eigenvalue weighted by atomic mass is 15.2. The number of hydrogen-bond acceptors (Lipinski definition) is 3. The lowest BCUT2D eigenvalue weighted by molar-refractivity contribution is 0.222. The summed E-state index contributed by atoms with van der Waals surface area (Å²) in [6.45, 7) is 9.03. The van der Waals surface area contributed by atoms with E-state index in [-0.39, 0.29) is 5.54 Å². The number of nitrogens with zero attached hydrogens (tertiary/aromatic N) is 2. The zero-order valence-electron chi connectivity index (χ0n) is 12.8. The van der Waals surface area contributed by atoms with Crippen LogP contribution in [-0.2, 0) is 0 Å². The molecule has 1 atom stereocenters. The van der Waals surface area contributed by atoms with E-state index in [4.69, 9.17) is 0 Å². The van der Waals surface area contributed by atoms with Crippen LogP contribution in [-0.4, -0.2) is 35.6 Å². The van der Waals surface area contributed by atoms with Gasteiger partial charge < -0.3 is 4.90 Å². The molecule has 0 aromatic heterocycles. The Morgan fingerprint density at radius 2 is 2.00 bits per heavy atom. The molecule has 1 unspecified atom stereocenters. The van der Waals surface area contributed by atoms with Gasteiger partial charge in [-0.3, -0.25) is 5.32 Å². The number of rotatable bonds is 9. The standard InChI is InChI=1S/C16H29N3/c1-13(2)11-19(15-7-8-15)10-4-9-16(3,12-17)18-14-5-6-14/h13-15,18H,4-11H2,1-3H3. The highest BCUT2D eigenvalue weighted by Crippen LogP contribution is 2.29. The first-order chi connectivity index (χ1) is 9.02. The molecule has 0 spiro atoms. The molecule has 2 saturated carbocycles. The summed E-state index contributed by atoms with van der Waals surface area (Å²) < 4.78 is 0. The Morgan fingerprint density at radius 3 is 2.47 bits per heavy atom. The lowest BCUT2D eigenvalue weighted by atomic mass is 9.97. The molecule has 0 amide bonds. The summed E-state index contributed by atoms with van der Waals surface area (Å²) in [6.07, 6.45) is 7.36. The third-order valence-corrected chi connectivity index (χ3v) is 4.13. The summed E-state index contributed by atoms with van der Waals surface area (Å²) in [5.41, 5.74) is -0.311. The molecule has 108 valence electrons. The zero-order valence-corrected chi connectivity index (χ0v) is 12.8. The normalized spacial score (nSPS) is 22.5. The predicted octanol–water partition coefficient (Wildman–Crippen LogP) is 2.92. The monoisotopic (exact) mass is 263 g/mol. The lowest BCUT2D eigenvalue weighted by Crippen LogP contribution is -2.43. The van der Waals surface area contributed by atoms with Crippen molar-refractivity contribution < 1.29 is 0 Å². The molecule has 0 aromatic carbocycles. The lowest BCUT2D eigenvalue weighted by Gasteiger charge is -2.27. The molecule has 0 heterocycles. The first kappa shape index (κ1) is 14.8. The van der Waals surface area contributed by atoms with E-state index in [0.717, 1.165) is 31.3 Å². The van der Waals surface area contributed by atoms with E-state index in [1.165, 1.54) is 32.2 Å². The van der Waals surface area contributed by atoms with Gasteiger partial charge in [0, 0.05) is 18.6 Å². The molecular formula is C16H29N3. The molecule has 3 nitrogen and oxygen atoms in total. The van der Waals surface area contributed by atoms with Gasteiger partial charge in [-0.05, 0) is 57.9 Å². The minimum atomic E-state index is -0.311. The van der Waals surface area contributed by atoms with Crippen LogP contribution in [0.4, 0.5) is 0 Å². The third-order valence-electron chi connectivity index (χ3n) is 4.13. The minimum Gasteiger partial charge on any atom is -0.300 e. The molecular weight excluding hydrogens is 234 g/mol. The Kier molecular flexibility index (Phi) is 4.86. The fourth-order valence-electron chi connectivity index (χ4n) is 2.81. The highest BCUT2D eigenvalue weighted by molar-refractivity contribution is 5.07. The average molecular weight is 263 g/mol. The molecule has 0 saturated heterocycles. The van der Waals surface area contributed by atoms with Gasteiger partial charge in [0.05, 0.1) is 6.07 Å². The molecule has 19 heavy (non-hydrogen) atoms. The smallest absolute Gasteiger partial charge is 0.104 e. The van der Waals surface area contributed by atoms with Crippen molar-refractivity contribution in [3.8, 4) is 6.07 Å². The van der Waals surface area contributed by atoms with Crippen molar-refractivity contribution in [2.24, 2.45) is 5.92 Å². The Morgan fingerprint density at radius 1 is 1.32 bits per heavy atom. The van der Waals surface area contributed by atoms with Crippen molar-refractivity contribution in [1.82, 2.24) is 10.2 Å². The van der Waals surface area contributed by atoms with Gasteiger partial charge in [-0.1, -0.05) is 13.8 Å². The molecule has 2 aliphatic rings. The van der Waals surface area contributed by atoms with E-state index in [1.807, 2.05) is 0 Å². The van der Waals surface area contributed by atoms with Crippen LogP contribution >= 0.6 is 0 Å². The fourth-order valence-corrected chi connectivity index (χ4v) is 2.81. The minimum absolute atomic E-state index is 0.311. The predicted molar refractivity (Wildman–Crippen MR) is 78.8 cm³/mol. The highest BCUT2D eigenvalue weighted by Gasteiger charge is 2.33. The van der Waals surface area contributed by atoms with E-state index in [0.29, 0.717) is 6.04 Å². The van der Waals surface area contributed by atoms with Gasteiger partial charge in [-0.15, -0.1) is 0 Å². The van der Waals surface area contributed by atoms with Crippen molar-refractivity contribution >= 4 is 0 Å². The molecule has 0 radical (unpaired) electrons. The number of hydrogen-bond donors (Lipinski definition) is 1. The Balaban J connectivity index is 1.72. The average Bonchev–Trinajstić information content (AvgIpc) is 3.21. The van der Waals surface area contributed by atoms with E-state index in [2.05, 4.69) is 37.1 Å². The van der Waals surface area contributed by atoms with Gasteiger partial charge in [0.15, 0.2) is 0 Å². The summed E-state index contributed by atoms with van der Waals surface area (Å²) in [5.74, 6) is 0.743. The molecule has 2 rings (SSSR count). The number of nitrogens with one attached hydrogen (secondary N) is 1. The SMILES string of the molecule is CC(C)CN(CCCC(C)(C#N)NC1CC1)C1CC1. The maximum absolute atomic E-state index is 9.37. The maximum atomic E-state index is 9.37.